The molecule has 6 aromatic rings. The van der Waals surface area contributed by atoms with E-state index in [1.807, 2.05) is 36.5 Å². The first-order valence-electron chi connectivity index (χ1n) is 11.9. The normalized spacial score (nSPS) is 11.7. The average molecular weight is 522 g/mol. The second-order valence-electron chi connectivity index (χ2n) is 8.76. The second-order valence-corrected chi connectivity index (χ2v) is 10.4. The van der Waals surface area contributed by atoms with Crippen LogP contribution in [0.5, 0.6) is 0 Å². The number of H-pyrrole nitrogens is 1. The zero-order valence-electron chi connectivity index (χ0n) is 20.2. The van der Waals surface area contributed by atoms with E-state index in [-0.39, 0.29) is 5.82 Å². The Labute approximate surface area is 218 Å². The van der Waals surface area contributed by atoms with E-state index >= 15 is 0 Å². The number of pyridine rings is 1. The summed E-state index contributed by atoms with van der Waals surface area (Å²) in [4.78, 5) is 15.5. The van der Waals surface area contributed by atoms with Crippen molar-refractivity contribution in [3.8, 4) is 0 Å². The van der Waals surface area contributed by atoms with Gasteiger partial charge >= 0.3 is 0 Å². The molecule has 0 aliphatic carbocycles. The first-order chi connectivity index (χ1) is 18.5. The lowest BCUT2D eigenvalue weighted by molar-refractivity contribution is 0.609. The van der Waals surface area contributed by atoms with Gasteiger partial charge in [-0.1, -0.05) is 61.2 Å². The number of fused-ring (bicyclic) bond motifs is 4. The highest BCUT2D eigenvalue weighted by molar-refractivity contribution is 7.95. The van der Waals surface area contributed by atoms with Crippen molar-refractivity contribution in [2.24, 2.45) is 0 Å². The summed E-state index contributed by atoms with van der Waals surface area (Å²) in [5.41, 5.74) is 3.62. The minimum absolute atomic E-state index is 0.158. The molecule has 3 aromatic carbocycles. The minimum atomic E-state index is -3.73. The number of hydrogen-bond acceptors (Lipinski definition) is 7. The van der Waals surface area contributed by atoms with Crippen LogP contribution in [-0.4, -0.2) is 40.1 Å². The number of nitrogens with zero attached hydrogens (tertiary/aromatic N) is 5. The number of anilines is 3. The summed E-state index contributed by atoms with van der Waals surface area (Å²) >= 11 is 0. The summed E-state index contributed by atoms with van der Waals surface area (Å²) in [5.74, 6) is 0.793. The van der Waals surface area contributed by atoms with Crippen LogP contribution in [0.2, 0.25) is 0 Å². The van der Waals surface area contributed by atoms with Crippen molar-refractivity contribution in [1.29, 1.82) is 0 Å². The third kappa shape index (κ3) is 4.41. The molecule has 0 saturated carbocycles. The van der Waals surface area contributed by atoms with Gasteiger partial charge in [-0.2, -0.15) is 5.10 Å². The molecule has 3 heterocycles. The van der Waals surface area contributed by atoms with Crippen LogP contribution in [0.15, 0.2) is 97.4 Å². The summed E-state index contributed by atoms with van der Waals surface area (Å²) in [5, 5.41) is 12.0. The maximum Gasteiger partial charge on any atom is 0.255 e. The van der Waals surface area contributed by atoms with E-state index in [4.69, 9.17) is 4.98 Å². The third-order valence-electron chi connectivity index (χ3n) is 6.42. The largest absolute Gasteiger partial charge is 0.325 e. The molecule has 0 fully saturated rings. The molecule has 38 heavy (non-hydrogen) atoms. The van der Waals surface area contributed by atoms with E-state index < -0.39 is 10.0 Å². The fourth-order valence-corrected chi connectivity index (χ4v) is 5.12. The number of sulfonamides is 1. The average Bonchev–Trinajstić information content (AvgIpc) is 3.43. The van der Waals surface area contributed by atoms with Gasteiger partial charge in [0.05, 0.1) is 29.1 Å². The van der Waals surface area contributed by atoms with E-state index in [1.165, 1.54) is 18.1 Å². The van der Waals surface area contributed by atoms with Gasteiger partial charge in [-0.25, -0.2) is 23.4 Å². The number of nitrogens with one attached hydrogen (secondary N) is 2. The van der Waals surface area contributed by atoms with Crippen molar-refractivity contribution >= 4 is 59.9 Å². The van der Waals surface area contributed by atoms with Crippen molar-refractivity contribution in [3.05, 3.63) is 103 Å². The highest BCUT2D eigenvalue weighted by Crippen LogP contribution is 2.38. The maximum atomic E-state index is 12.1. The Morgan fingerprint density at radius 3 is 2.50 bits per heavy atom. The maximum absolute atomic E-state index is 12.1. The van der Waals surface area contributed by atoms with E-state index in [0.717, 1.165) is 39.2 Å². The number of rotatable bonds is 8. The molecule has 0 bridgehead atoms. The predicted octanol–water partition coefficient (Wildman–Crippen LogP) is 5.32. The second kappa shape index (κ2) is 9.56. The van der Waals surface area contributed by atoms with Crippen LogP contribution in [0, 0.1) is 0 Å². The predicted molar refractivity (Wildman–Crippen MR) is 151 cm³/mol. The molecule has 0 saturated heterocycles. The van der Waals surface area contributed by atoms with Crippen LogP contribution >= 0.6 is 0 Å². The summed E-state index contributed by atoms with van der Waals surface area (Å²) in [7, 11) is -3.73. The van der Waals surface area contributed by atoms with Crippen LogP contribution in [0.4, 0.5) is 17.3 Å². The Kier molecular flexibility index (Phi) is 5.93. The van der Waals surface area contributed by atoms with Gasteiger partial charge in [0, 0.05) is 28.1 Å². The van der Waals surface area contributed by atoms with Crippen molar-refractivity contribution in [2.45, 2.75) is 6.42 Å². The Morgan fingerprint density at radius 1 is 0.895 bits per heavy atom. The smallest absolute Gasteiger partial charge is 0.255 e. The molecule has 2 N–H and O–H groups in total. The summed E-state index contributed by atoms with van der Waals surface area (Å²) in [6, 6.07) is 22.1. The first-order valence-corrected chi connectivity index (χ1v) is 13.5. The lowest BCUT2D eigenvalue weighted by Gasteiger charge is -2.27. The molecule has 9 nitrogen and oxygen atoms in total. The molecule has 188 valence electrons. The number of hydrogen-bond donors (Lipinski definition) is 2. The lowest BCUT2D eigenvalue weighted by Crippen LogP contribution is -2.22. The first kappa shape index (κ1) is 23.6. The number of benzene rings is 3. The third-order valence-corrected chi connectivity index (χ3v) is 7.36. The molecule has 0 spiro atoms. The van der Waals surface area contributed by atoms with Crippen LogP contribution in [0.1, 0.15) is 5.56 Å². The van der Waals surface area contributed by atoms with Crippen molar-refractivity contribution in [1.82, 2.24) is 25.1 Å². The number of aromatic nitrogens is 5. The molecule has 0 atom stereocenters. The van der Waals surface area contributed by atoms with Gasteiger partial charge in [0.2, 0.25) is 0 Å². The molecule has 0 amide bonds. The number of aromatic amines is 1. The summed E-state index contributed by atoms with van der Waals surface area (Å²) in [6.45, 7) is 3.97. The van der Waals surface area contributed by atoms with Gasteiger partial charge in [-0.3, -0.25) is 9.82 Å². The fourth-order valence-electron chi connectivity index (χ4n) is 4.63. The molecule has 0 radical (unpaired) electrons. The monoisotopic (exact) mass is 521 g/mol. The van der Waals surface area contributed by atoms with Crippen molar-refractivity contribution in [2.75, 3.05) is 16.2 Å². The molecule has 3 aromatic heterocycles. The molecular weight excluding hydrogens is 498 g/mol. The zero-order chi connectivity index (χ0) is 26.1. The van der Waals surface area contributed by atoms with Gasteiger partial charge in [-0.05, 0) is 29.5 Å². The molecule has 0 aliphatic heterocycles. The SMILES string of the molecule is C=CS(=O)(=O)Nc1cc2c(N(CCc3ccccc3)c3cc4[nH]ncc4c4ccccc34)ncnc2cn1. The van der Waals surface area contributed by atoms with Gasteiger partial charge < -0.3 is 4.90 Å². The topological polar surface area (TPSA) is 117 Å². The summed E-state index contributed by atoms with van der Waals surface area (Å²) in [6.07, 6.45) is 5.62. The van der Waals surface area contributed by atoms with Crippen LogP contribution in [-0.2, 0) is 16.4 Å². The van der Waals surface area contributed by atoms with Crippen molar-refractivity contribution in [3.63, 3.8) is 0 Å². The van der Waals surface area contributed by atoms with Gasteiger partial charge in [0.15, 0.2) is 0 Å². The lowest BCUT2D eigenvalue weighted by atomic mass is 10.0. The highest BCUT2D eigenvalue weighted by atomic mass is 32.2. The van der Waals surface area contributed by atoms with Gasteiger partial charge in [-0.15, -0.1) is 0 Å². The summed E-state index contributed by atoms with van der Waals surface area (Å²) < 4.78 is 26.7. The zero-order valence-corrected chi connectivity index (χ0v) is 21.1. The van der Waals surface area contributed by atoms with Crippen LogP contribution in [0.3, 0.4) is 0 Å². The Balaban J connectivity index is 1.56. The molecule has 10 heteroatoms. The standard InChI is InChI=1S/C28H23N7O2S/c1-2-38(36,37)34-27-14-22-25(17-29-27)30-18-31-28(22)35(13-12-19-8-4-3-5-9-19)26-15-24-23(16-32-33-24)20-10-6-7-11-21(20)26/h2-11,14-18H,1,12-13H2,(H,29,34)(H,32,33). The highest BCUT2D eigenvalue weighted by Gasteiger charge is 2.20. The Morgan fingerprint density at radius 2 is 1.68 bits per heavy atom. The Hall–Kier alpha value is -4.83. The fraction of sp³-hybridized carbons (Fsp3) is 0.0714. The van der Waals surface area contributed by atoms with E-state index in [0.29, 0.717) is 23.3 Å². The van der Waals surface area contributed by atoms with Crippen LogP contribution < -0.4 is 9.62 Å². The van der Waals surface area contributed by atoms with E-state index in [9.17, 15) is 8.42 Å². The molecule has 0 aliphatic rings. The van der Waals surface area contributed by atoms with Crippen molar-refractivity contribution < 1.29 is 8.42 Å². The Bertz CT molecular complexity index is 1900. The quantitative estimate of drug-likeness (QED) is 0.278. The van der Waals surface area contributed by atoms with Gasteiger partial charge in [0.25, 0.3) is 10.0 Å². The van der Waals surface area contributed by atoms with E-state index in [2.05, 4.69) is 66.7 Å². The van der Waals surface area contributed by atoms with Crippen LogP contribution in [0.25, 0.3) is 32.6 Å². The van der Waals surface area contributed by atoms with E-state index in [1.54, 1.807) is 6.07 Å². The molecule has 0 unspecified atom stereocenters. The van der Waals surface area contributed by atoms with Gasteiger partial charge in [0.1, 0.15) is 18.0 Å². The molecule has 6 rings (SSSR count). The minimum Gasteiger partial charge on any atom is -0.325 e. The molecular formula is C28H23N7O2S.